The fraction of sp³-hybridized carbons (Fsp3) is 0.750. The molecule has 0 saturated heterocycles. The van der Waals surface area contributed by atoms with E-state index in [2.05, 4.69) is 6.08 Å². The molecule has 1 heterocycles. The van der Waals surface area contributed by atoms with Crippen LogP contribution in [0, 0.1) is 0 Å². The molecular weight excluding hydrogens is 304 g/mol. The molecule has 0 fully saturated rings. The van der Waals surface area contributed by atoms with Crippen molar-refractivity contribution < 1.29 is 19.7 Å². The number of ether oxygens (including phenoxy) is 1. The number of carboxylic acids is 1. The lowest BCUT2D eigenvalue weighted by atomic mass is 10.0. The first-order chi connectivity index (χ1) is 11.7. The number of aliphatic carboxylic acids is 1. The van der Waals surface area contributed by atoms with Gasteiger partial charge in [-0.2, -0.15) is 0 Å². The molecule has 0 aromatic rings. The van der Waals surface area contributed by atoms with E-state index in [9.17, 15) is 4.79 Å². The van der Waals surface area contributed by atoms with E-state index in [1.165, 1.54) is 70.6 Å². The van der Waals surface area contributed by atoms with Crippen molar-refractivity contribution in [3.05, 3.63) is 23.9 Å². The van der Waals surface area contributed by atoms with E-state index < -0.39 is 5.97 Å². The first-order valence-electron chi connectivity index (χ1n) is 9.69. The van der Waals surface area contributed by atoms with Crippen molar-refractivity contribution in [3.63, 3.8) is 0 Å². The Labute approximate surface area is 146 Å². The fourth-order valence-electron chi connectivity index (χ4n) is 2.86. The van der Waals surface area contributed by atoms with Gasteiger partial charge in [0.15, 0.2) is 0 Å². The molecule has 0 bridgehead atoms. The highest BCUT2D eigenvalue weighted by molar-refractivity contribution is 5.66. The van der Waals surface area contributed by atoms with E-state index in [0.29, 0.717) is 12.2 Å². The lowest BCUT2D eigenvalue weighted by Crippen LogP contribution is -1.93. The second-order valence-corrected chi connectivity index (χ2v) is 6.70. The second kappa shape index (κ2) is 13.9. The van der Waals surface area contributed by atoms with Crippen LogP contribution in [0.1, 0.15) is 96.3 Å². The quantitative estimate of drug-likeness (QED) is 0.308. The predicted molar refractivity (Wildman–Crippen MR) is 96.8 cm³/mol. The Morgan fingerprint density at radius 2 is 1.21 bits per heavy atom. The summed E-state index contributed by atoms with van der Waals surface area (Å²) >= 11 is 0. The summed E-state index contributed by atoms with van der Waals surface area (Å²) in [6.45, 7) is 0. The van der Waals surface area contributed by atoms with Crippen LogP contribution in [0.15, 0.2) is 23.9 Å². The first kappa shape index (κ1) is 20.6. The molecule has 24 heavy (non-hydrogen) atoms. The summed E-state index contributed by atoms with van der Waals surface area (Å²) in [4.78, 5) is 10.4. The minimum atomic E-state index is -0.669. The molecule has 0 spiro atoms. The molecule has 4 heteroatoms. The Morgan fingerprint density at radius 3 is 1.62 bits per heavy atom. The van der Waals surface area contributed by atoms with Gasteiger partial charge in [0, 0.05) is 6.42 Å². The summed E-state index contributed by atoms with van der Waals surface area (Å²) in [5.41, 5.74) is 0. The van der Waals surface area contributed by atoms with Crippen LogP contribution >= 0.6 is 0 Å². The number of aliphatic hydroxyl groups is 1. The third-order valence-corrected chi connectivity index (χ3v) is 4.41. The topological polar surface area (TPSA) is 70.1 Å². The highest BCUT2D eigenvalue weighted by atomic mass is 16.7. The molecule has 1 aliphatic heterocycles. The number of allylic oxidation sites excluding steroid dienone is 2. The third-order valence-electron chi connectivity index (χ3n) is 4.41. The Bertz CT molecular complexity index is 398. The van der Waals surface area contributed by atoms with Gasteiger partial charge in [-0.15, -0.1) is 0 Å². The van der Waals surface area contributed by atoms with Crippen LogP contribution in [0.5, 0.6) is 0 Å². The van der Waals surface area contributed by atoms with Crippen molar-refractivity contribution in [1.82, 2.24) is 0 Å². The fourth-order valence-corrected chi connectivity index (χ4v) is 2.86. The molecule has 138 valence electrons. The van der Waals surface area contributed by atoms with Crippen LogP contribution in [0.2, 0.25) is 0 Å². The van der Waals surface area contributed by atoms with Crippen molar-refractivity contribution in [2.75, 3.05) is 0 Å². The summed E-state index contributed by atoms with van der Waals surface area (Å²) in [6, 6.07) is 0. The maximum absolute atomic E-state index is 10.4. The maximum atomic E-state index is 10.4. The lowest BCUT2D eigenvalue weighted by Gasteiger charge is -2.02. The average Bonchev–Trinajstić information content (AvgIpc) is 3.25. The summed E-state index contributed by atoms with van der Waals surface area (Å²) < 4.78 is 4.73. The molecule has 1 rings (SSSR count). The van der Waals surface area contributed by atoms with Gasteiger partial charge in [-0.05, 0) is 25.3 Å². The summed E-state index contributed by atoms with van der Waals surface area (Å²) in [5, 5.41) is 17.4. The minimum Gasteiger partial charge on any atom is -0.481 e. The summed E-state index contributed by atoms with van der Waals surface area (Å²) in [5.74, 6) is 0.0250. The normalized spacial score (nSPS) is 13.5. The first-order valence-corrected chi connectivity index (χ1v) is 9.69. The number of carboxylic acid groups (broad SMARTS) is 1. The summed E-state index contributed by atoms with van der Waals surface area (Å²) in [6.07, 6.45) is 21.5. The zero-order valence-corrected chi connectivity index (χ0v) is 15.0. The van der Waals surface area contributed by atoms with E-state index in [-0.39, 0.29) is 5.95 Å². The molecule has 4 nitrogen and oxygen atoms in total. The molecule has 0 saturated carbocycles. The zero-order valence-electron chi connectivity index (χ0n) is 15.0. The monoisotopic (exact) mass is 338 g/mol. The molecule has 2 N–H and O–H groups in total. The zero-order chi connectivity index (χ0) is 17.5. The number of hydrogen-bond acceptors (Lipinski definition) is 3. The van der Waals surface area contributed by atoms with Gasteiger partial charge in [-0.1, -0.05) is 76.7 Å². The highest BCUT2D eigenvalue weighted by Crippen LogP contribution is 2.23. The largest absolute Gasteiger partial charge is 0.481 e. The number of carbonyl (C=O) groups is 1. The van der Waals surface area contributed by atoms with Gasteiger partial charge in [-0.25, -0.2) is 0 Å². The molecule has 1 aliphatic rings. The van der Waals surface area contributed by atoms with E-state index in [1.54, 1.807) is 0 Å². The van der Waals surface area contributed by atoms with Gasteiger partial charge in [0.25, 0.3) is 0 Å². The predicted octanol–water partition coefficient (Wildman–Crippen LogP) is 6.24. The Balaban J connectivity index is 1.67. The molecule has 0 unspecified atom stereocenters. The van der Waals surface area contributed by atoms with Gasteiger partial charge in [0.1, 0.15) is 0 Å². The standard InChI is InChI=1S/C20H34O4/c21-19(22)17-15-13-11-9-7-5-3-1-2-4-6-8-10-12-14-16-18-20(23)24-18/h14,16,23H,1-13,15,17H2,(H,21,22). The van der Waals surface area contributed by atoms with Crippen LogP contribution in [0.3, 0.4) is 0 Å². The highest BCUT2D eigenvalue weighted by Gasteiger charge is 2.20. The van der Waals surface area contributed by atoms with E-state index in [4.69, 9.17) is 14.9 Å². The van der Waals surface area contributed by atoms with Gasteiger partial charge < -0.3 is 14.9 Å². The third kappa shape index (κ3) is 13.0. The van der Waals surface area contributed by atoms with Crippen molar-refractivity contribution >= 4 is 5.97 Å². The lowest BCUT2D eigenvalue weighted by molar-refractivity contribution is -0.137. The minimum absolute atomic E-state index is 0.0736. The van der Waals surface area contributed by atoms with Gasteiger partial charge in [0.05, 0.1) is 0 Å². The van der Waals surface area contributed by atoms with Crippen molar-refractivity contribution in [3.8, 4) is 0 Å². The van der Waals surface area contributed by atoms with E-state index in [1.807, 2.05) is 6.08 Å². The second-order valence-electron chi connectivity index (χ2n) is 6.70. The molecule has 0 aliphatic carbocycles. The van der Waals surface area contributed by atoms with E-state index in [0.717, 1.165) is 19.3 Å². The van der Waals surface area contributed by atoms with Crippen LogP contribution in [-0.2, 0) is 9.53 Å². The van der Waals surface area contributed by atoms with Crippen LogP contribution in [-0.4, -0.2) is 16.2 Å². The average molecular weight is 338 g/mol. The Morgan fingerprint density at radius 1 is 0.792 bits per heavy atom. The number of aliphatic hydroxyl groups excluding tert-OH is 1. The number of rotatable bonds is 17. The molecular formula is C20H34O4. The molecule has 0 aromatic carbocycles. The van der Waals surface area contributed by atoms with Gasteiger partial charge in [0.2, 0.25) is 5.76 Å². The van der Waals surface area contributed by atoms with Crippen molar-refractivity contribution in [1.29, 1.82) is 0 Å². The number of unbranched alkanes of at least 4 members (excludes halogenated alkanes) is 13. The smallest absolute Gasteiger partial charge is 0.327 e. The molecule has 0 aromatic heterocycles. The molecule has 0 radical (unpaired) electrons. The van der Waals surface area contributed by atoms with Gasteiger partial charge >= 0.3 is 11.9 Å². The molecule has 0 amide bonds. The van der Waals surface area contributed by atoms with Crippen molar-refractivity contribution in [2.24, 2.45) is 0 Å². The van der Waals surface area contributed by atoms with Crippen LogP contribution < -0.4 is 0 Å². The van der Waals surface area contributed by atoms with E-state index >= 15 is 0 Å². The Kier molecular flexibility index (Phi) is 12.0. The molecule has 0 atom stereocenters. The van der Waals surface area contributed by atoms with Crippen LogP contribution in [0.4, 0.5) is 0 Å². The van der Waals surface area contributed by atoms with Crippen molar-refractivity contribution in [2.45, 2.75) is 96.3 Å². The Hall–Kier alpha value is -1.45. The van der Waals surface area contributed by atoms with Gasteiger partial charge in [-0.3, -0.25) is 4.79 Å². The maximum Gasteiger partial charge on any atom is 0.327 e. The SMILES string of the molecule is O=C(O)CCCCCCCCCCCCCCCC=CC1=C(O)O1. The summed E-state index contributed by atoms with van der Waals surface area (Å²) in [7, 11) is 0. The number of hydrogen-bond donors (Lipinski definition) is 2. The van der Waals surface area contributed by atoms with Crippen LogP contribution in [0.25, 0.3) is 0 Å².